The summed E-state index contributed by atoms with van der Waals surface area (Å²) in [4.78, 5) is 0. The molecule has 0 aliphatic carbocycles. The summed E-state index contributed by atoms with van der Waals surface area (Å²) in [5.74, 6) is 0.170. The number of aliphatic hydroxyl groups excluding tert-OH is 2. The maximum absolute atomic E-state index is 9.79. The molecule has 1 aromatic carbocycles. The molecule has 0 radical (unpaired) electrons. The number of benzene rings is 1. The van der Waals surface area contributed by atoms with Crippen molar-refractivity contribution in [2.45, 2.75) is 39.4 Å². The van der Waals surface area contributed by atoms with Crippen molar-refractivity contribution in [2.75, 3.05) is 0 Å². The van der Waals surface area contributed by atoms with Gasteiger partial charge in [0.05, 0.1) is 13.2 Å². The molecule has 0 atom stereocenters. The Hall–Kier alpha value is -1.06. The third-order valence-corrected chi connectivity index (χ3v) is 2.48. The number of aryl methyl sites for hydroxylation is 1. The summed E-state index contributed by atoms with van der Waals surface area (Å²) in [7, 11) is 0. The first-order valence-electron chi connectivity index (χ1n) is 5.28. The van der Waals surface area contributed by atoms with E-state index in [4.69, 9.17) is 10.2 Å². The number of rotatable bonds is 5. The lowest BCUT2D eigenvalue weighted by Gasteiger charge is -2.10. The molecule has 3 N–H and O–H groups in total. The number of hydrogen-bond acceptors (Lipinski definition) is 3. The van der Waals surface area contributed by atoms with Crippen LogP contribution in [0.2, 0.25) is 0 Å². The van der Waals surface area contributed by atoms with Gasteiger partial charge in [-0.15, -0.1) is 0 Å². The normalized spacial score (nSPS) is 10.6. The molecular formula is C12H18O3. The Morgan fingerprint density at radius 1 is 1.07 bits per heavy atom. The smallest absolute Gasteiger partial charge is 0.124 e. The van der Waals surface area contributed by atoms with Crippen LogP contribution < -0.4 is 0 Å². The predicted octanol–water partition coefficient (Wildman–Crippen LogP) is 1.72. The second-order valence-electron chi connectivity index (χ2n) is 3.68. The van der Waals surface area contributed by atoms with Crippen molar-refractivity contribution in [1.82, 2.24) is 0 Å². The molecule has 0 aliphatic rings. The Balaban J connectivity index is 3.01. The van der Waals surface area contributed by atoms with Gasteiger partial charge in [-0.3, -0.25) is 0 Å². The molecule has 1 rings (SSSR count). The molecule has 3 heteroatoms. The van der Waals surface area contributed by atoms with Gasteiger partial charge in [-0.05, 0) is 36.1 Å². The van der Waals surface area contributed by atoms with Crippen molar-refractivity contribution in [2.24, 2.45) is 0 Å². The van der Waals surface area contributed by atoms with Crippen molar-refractivity contribution in [3.8, 4) is 5.75 Å². The molecule has 0 aromatic heterocycles. The lowest BCUT2D eigenvalue weighted by atomic mass is 10.0. The molecule has 0 bridgehead atoms. The van der Waals surface area contributed by atoms with Gasteiger partial charge in [0.1, 0.15) is 5.75 Å². The highest BCUT2D eigenvalue weighted by Crippen LogP contribution is 2.26. The summed E-state index contributed by atoms with van der Waals surface area (Å²) in [5.41, 5.74) is 2.04. The van der Waals surface area contributed by atoms with Crippen molar-refractivity contribution in [3.63, 3.8) is 0 Å². The minimum atomic E-state index is -0.196. The number of hydrogen-bond donors (Lipinski definition) is 3. The summed E-state index contributed by atoms with van der Waals surface area (Å²) < 4.78 is 0. The lowest BCUT2D eigenvalue weighted by molar-refractivity contribution is 0.270. The van der Waals surface area contributed by atoms with Gasteiger partial charge in [0.15, 0.2) is 0 Å². The number of phenols is 1. The van der Waals surface area contributed by atoms with Crippen LogP contribution in [0.3, 0.4) is 0 Å². The highest BCUT2D eigenvalue weighted by molar-refractivity contribution is 5.43. The first-order chi connectivity index (χ1) is 7.22. The molecule has 0 heterocycles. The molecule has 0 saturated carbocycles. The van der Waals surface area contributed by atoms with Crippen molar-refractivity contribution in [1.29, 1.82) is 0 Å². The van der Waals surface area contributed by atoms with Gasteiger partial charge < -0.3 is 15.3 Å². The van der Waals surface area contributed by atoms with E-state index in [1.807, 2.05) is 0 Å². The molecule has 15 heavy (non-hydrogen) atoms. The van der Waals surface area contributed by atoms with E-state index < -0.39 is 0 Å². The SMILES string of the molecule is CCCCc1cc(CO)cc(CO)c1O. The average Bonchev–Trinajstić information content (AvgIpc) is 2.27. The van der Waals surface area contributed by atoms with E-state index in [0.29, 0.717) is 5.56 Å². The summed E-state index contributed by atoms with van der Waals surface area (Å²) in [6.07, 6.45) is 2.83. The van der Waals surface area contributed by atoms with Crippen LogP contribution in [-0.2, 0) is 19.6 Å². The van der Waals surface area contributed by atoms with Gasteiger partial charge in [0.25, 0.3) is 0 Å². The zero-order chi connectivity index (χ0) is 11.3. The van der Waals surface area contributed by atoms with Crippen LogP contribution in [0.4, 0.5) is 0 Å². The third-order valence-electron chi connectivity index (χ3n) is 2.48. The van der Waals surface area contributed by atoms with Gasteiger partial charge in [-0.2, -0.15) is 0 Å². The Kier molecular flexibility index (Phi) is 4.59. The maximum Gasteiger partial charge on any atom is 0.124 e. The minimum absolute atomic E-state index is 0.0631. The van der Waals surface area contributed by atoms with E-state index in [-0.39, 0.29) is 19.0 Å². The quantitative estimate of drug-likeness (QED) is 0.693. The van der Waals surface area contributed by atoms with E-state index in [1.165, 1.54) is 0 Å². The fourth-order valence-electron chi connectivity index (χ4n) is 1.60. The number of unbranched alkanes of at least 4 members (excludes halogenated alkanes) is 1. The van der Waals surface area contributed by atoms with Crippen LogP contribution in [0, 0.1) is 0 Å². The number of aliphatic hydroxyl groups is 2. The third kappa shape index (κ3) is 2.94. The van der Waals surface area contributed by atoms with Crippen molar-refractivity contribution in [3.05, 3.63) is 28.8 Å². The predicted molar refractivity (Wildman–Crippen MR) is 58.6 cm³/mol. The molecule has 1 aromatic rings. The van der Waals surface area contributed by atoms with Crippen LogP contribution >= 0.6 is 0 Å². The van der Waals surface area contributed by atoms with Gasteiger partial charge >= 0.3 is 0 Å². The summed E-state index contributed by atoms with van der Waals surface area (Å²) in [6, 6.07) is 3.43. The van der Waals surface area contributed by atoms with E-state index in [2.05, 4.69) is 6.92 Å². The molecule has 0 fully saturated rings. The Labute approximate surface area is 90.0 Å². The summed E-state index contributed by atoms with van der Waals surface area (Å²) in [6.45, 7) is 1.82. The fraction of sp³-hybridized carbons (Fsp3) is 0.500. The van der Waals surface area contributed by atoms with Gasteiger partial charge in [0, 0.05) is 5.56 Å². The van der Waals surface area contributed by atoms with Crippen LogP contribution in [0.1, 0.15) is 36.5 Å². The molecule has 0 saturated heterocycles. The topological polar surface area (TPSA) is 60.7 Å². The Morgan fingerprint density at radius 2 is 1.73 bits per heavy atom. The van der Waals surface area contributed by atoms with Crippen LogP contribution in [0.15, 0.2) is 12.1 Å². The minimum Gasteiger partial charge on any atom is -0.507 e. The first-order valence-corrected chi connectivity index (χ1v) is 5.28. The summed E-state index contributed by atoms with van der Waals surface area (Å²) in [5, 5.41) is 27.9. The molecule has 0 amide bonds. The standard InChI is InChI=1S/C12H18O3/c1-2-3-4-10-5-9(7-13)6-11(8-14)12(10)15/h5-6,13-15H,2-4,7-8H2,1H3. The van der Waals surface area contributed by atoms with E-state index in [0.717, 1.165) is 30.4 Å². The van der Waals surface area contributed by atoms with Crippen molar-refractivity contribution < 1.29 is 15.3 Å². The summed E-state index contributed by atoms with van der Waals surface area (Å²) >= 11 is 0. The number of aromatic hydroxyl groups is 1. The molecule has 0 spiro atoms. The van der Waals surface area contributed by atoms with Crippen LogP contribution in [0.5, 0.6) is 5.75 Å². The van der Waals surface area contributed by atoms with Crippen molar-refractivity contribution >= 4 is 0 Å². The first kappa shape index (κ1) is 12.0. The van der Waals surface area contributed by atoms with Gasteiger partial charge in [0.2, 0.25) is 0 Å². The van der Waals surface area contributed by atoms with Crippen LogP contribution in [0.25, 0.3) is 0 Å². The Morgan fingerprint density at radius 3 is 2.27 bits per heavy atom. The maximum atomic E-state index is 9.79. The van der Waals surface area contributed by atoms with E-state index >= 15 is 0 Å². The molecule has 3 nitrogen and oxygen atoms in total. The highest BCUT2D eigenvalue weighted by Gasteiger charge is 2.08. The zero-order valence-corrected chi connectivity index (χ0v) is 9.03. The zero-order valence-electron chi connectivity index (χ0n) is 9.03. The average molecular weight is 210 g/mol. The lowest BCUT2D eigenvalue weighted by Crippen LogP contribution is -1.96. The fourth-order valence-corrected chi connectivity index (χ4v) is 1.60. The second-order valence-corrected chi connectivity index (χ2v) is 3.68. The largest absolute Gasteiger partial charge is 0.507 e. The highest BCUT2D eigenvalue weighted by atomic mass is 16.3. The second kappa shape index (κ2) is 5.73. The molecule has 0 aliphatic heterocycles. The molecular weight excluding hydrogens is 192 g/mol. The van der Waals surface area contributed by atoms with E-state index in [9.17, 15) is 5.11 Å². The van der Waals surface area contributed by atoms with Gasteiger partial charge in [-0.25, -0.2) is 0 Å². The van der Waals surface area contributed by atoms with E-state index in [1.54, 1.807) is 12.1 Å². The van der Waals surface area contributed by atoms with Crippen LogP contribution in [-0.4, -0.2) is 15.3 Å². The Bertz CT molecular complexity index is 321. The molecule has 84 valence electrons. The van der Waals surface area contributed by atoms with Gasteiger partial charge in [-0.1, -0.05) is 13.3 Å². The monoisotopic (exact) mass is 210 g/mol. The molecule has 0 unspecified atom stereocenters.